The van der Waals surface area contributed by atoms with Crippen LogP contribution in [-0.2, 0) is 4.74 Å². The normalized spacial score (nSPS) is 41.7. The Labute approximate surface area is 73.2 Å². The van der Waals surface area contributed by atoms with Gasteiger partial charge in [-0.15, -0.1) is 0 Å². The maximum absolute atomic E-state index is 9.41. The Kier molecular flexibility index (Phi) is 2.20. The van der Waals surface area contributed by atoms with Gasteiger partial charge < -0.3 is 9.84 Å². The number of hydrogen-bond acceptors (Lipinski definition) is 2. The van der Waals surface area contributed by atoms with Crippen LogP contribution >= 0.6 is 0 Å². The van der Waals surface area contributed by atoms with Crippen molar-refractivity contribution in [1.29, 1.82) is 0 Å². The number of rotatable bonds is 2. The van der Waals surface area contributed by atoms with Gasteiger partial charge in [-0.3, -0.25) is 0 Å². The van der Waals surface area contributed by atoms with E-state index in [0.717, 1.165) is 12.3 Å². The fourth-order valence-electron chi connectivity index (χ4n) is 1.56. The first-order valence-corrected chi connectivity index (χ1v) is 4.77. The summed E-state index contributed by atoms with van der Waals surface area (Å²) in [5, 5.41) is 9.41. The van der Waals surface area contributed by atoms with Gasteiger partial charge in [0.1, 0.15) is 0 Å². The van der Waals surface area contributed by atoms with Gasteiger partial charge in [-0.05, 0) is 12.3 Å². The molecular weight excluding hydrogens is 152 g/mol. The summed E-state index contributed by atoms with van der Waals surface area (Å²) in [6.07, 6.45) is 7.53. The van der Waals surface area contributed by atoms with Crippen molar-refractivity contribution >= 4 is 0 Å². The number of aliphatic hydroxyl groups is 1. The van der Waals surface area contributed by atoms with Crippen LogP contribution in [0.2, 0.25) is 0 Å². The zero-order chi connectivity index (χ0) is 8.55. The van der Waals surface area contributed by atoms with Gasteiger partial charge in [0.2, 0.25) is 0 Å². The molecule has 0 saturated heterocycles. The van der Waals surface area contributed by atoms with E-state index in [-0.39, 0.29) is 12.0 Å². The van der Waals surface area contributed by atoms with Crippen LogP contribution in [0.1, 0.15) is 26.2 Å². The quantitative estimate of drug-likeness (QED) is 0.636. The number of aliphatic hydroxyl groups excluding tert-OH is 1. The van der Waals surface area contributed by atoms with Crippen molar-refractivity contribution in [1.82, 2.24) is 0 Å². The van der Waals surface area contributed by atoms with Crippen molar-refractivity contribution in [3.8, 4) is 0 Å². The van der Waals surface area contributed by atoms with Gasteiger partial charge in [-0.1, -0.05) is 31.9 Å². The Hall–Kier alpha value is -0.340. The third-order valence-corrected chi connectivity index (χ3v) is 2.66. The van der Waals surface area contributed by atoms with E-state index in [1.54, 1.807) is 0 Å². The fraction of sp³-hybridized carbons (Fsp3) is 0.800. The average Bonchev–Trinajstić information content (AvgIpc) is 2.81. The summed E-state index contributed by atoms with van der Waals surface area (Å²) in [4.78, 5) is 0. The lowest BCUT2D eigenvalue weighted by molar-refractivity contribution is -0.150. The highest BCUT2D eigenvalue weighted by atomic mass is 16.6. The maximum Gasteiger partial charge on any atom is 0.161 e. The van der Waals surface area contributed by atoms with Gasteiger partial charge in [0, 0.05) is 5.92 Å². The predicted molar refractivity (Wildman–Crippen MR) is 46.5 cm³/mol. The molecule has 3 unspecified atom stereocenters. The van der Waals surface area contributed by atoms with E-state index in [9.17, 15) is 5.11 Å². The molecule has 2 nitrogen and oxygen atoms in total. The van der Waals surface area contributed by atoms with Crippen molar-refractivity contribution in [3.05, 3.63) is 12.2 Å². The fourth-order valence-corrected chi connectivity index (χ4v) is 1.56. The molecule has 1 heterocycles. The molecule has 1 N–H and O–H groups in total. The summed E-state index contributed by atoms with van der Waals surface area (Å²) in [6, 6.07) is 0. The highest BCUT2D eigenvalue weighted by molar-refractivity contribution is 4.99. The monoisotopic (exact) mass is 168 g/mol. The molecule has 0 spiro atoms. The molecular formula is C10H16O2. The van der Waals surface area contributed by atoms with Crippen LogP contribution in [0.5, 0.6) is 0 Å². The van der Waals surface area contributed by atoms with E-state index in [1.807, 2.05) is 6.92 Å². The molecule has 3 atom stereocenters. The molecule has 0 radical (unpaired) electrons. The summed E-state index contributed by atoms with van der Waals surface area (Å²) in [6.45, 7) is 1.97. The van der Waals surface area contributed by atoms with Gasteiger partial charge in [0.25, 0.3) is 0 Å². The average molecular weight is 168 g/mol. The summed E-state index contributed by atoms with van der Waals surface area (Å²) >= 11 is 0. The van der Waals surface area contributed by atoms with E-state index in [2.05, 4.69) is 12.2 Å². The molecule has 0 aromatic heterocycles. The van der Waals surface area contributed by atoms with E-state index in [4.69, 9.17) is 4.74 Å². The lowest BCUT2D eigenvalue weighted by Crippen LogP contribution is -2.29. The minimum atomic E-state index is -0.584. The molecule has 2 rings (SSSR count). The first-order valence-electron chi connectivity index (χ1n) is 4.77. The standard InChI is InChI=1S/C10H16O2/c1-7-2-5-9(12-10(7)11)6-8-3-4-8/h2,5,7-11H,3-4,6H2,1H3. The van der Waals surface area contributed by atoms with Crippen molar-refractivity contribution < 1.29 is 9.84 Å². The molecule has 2 aliphatic rings. The molecule has 12 heavy (non-hydrogen) atoms. The van der Waals surface area contributed by atoms with Crippen LogP contribution in [0.3, 0.4) is 0 Å². The second-order valence-electron chi connectivity index (χ2n) is 3.99. The van der Waals surface area contributed by atoms with Crippen molar-refractivity contribution in [2.45, 2.75) is 38.6 Å². The third-order valence-electron chi connectivity index (χ3n) is 2.66. The number of hydrogen-bond donors (Lipinski definition) is 1. The Bertz CT molecular complexity index is 184. The Morgan fingerprint density at radius 1 is 1.42 bits per heavy atom. The summed E-state index contributed by atoms with van der Waals surface area (Å²) < 4.78 is 5.42. The van der Waals surface area contributed by atoms with E-state index < -0.39 is 6.29 Å². The molecule has 0 aromatic rings. The van der Waals surface area contributed by atoms with Crippen LogP contribution in [0.15, 0.2) is 12.2 Å². The minimum absolute atomic E-state index is 0.153. The largest absolute Gasteiger partial charge is 0.367 e. The molecule has 1 saturated carbocycles. The highest BCUT2D eigenvalue weighted by Gasteiger charge is 2.28. The first-order chi connectivity index (χ1) is 5.75. The van der Waals surface area contributed by atoms with Gasteiger partial charge in [-0.2, -0.15) is 0 Å². The maximum atomic E-state index is 9.41. The SMILES string of the molecule is CC1C=CC(CC2CC2)OC1O. The zero-order valence-electron chi connectivity index (χ0n) is 7.44. The van der Waals surface area contributed by atoms with Gasteiger partial charge in [-0.25, -0.2) is 0 Å². The lowest BCUT2D eigenvalue weighted by Gasteiger charge is -2.26. The minimum Gasteiger partial charge on any atom is -0.367 e. The van der Waals surface area contributed by atoms with Crippen LogP contribution in [0.4, 0.5) is 0 Å². The molecule has 0 amide bonds. The van der Waals surface area contributed by atoms with Gasteiger partial charge in [0.05, 0.1) is 6.10 Å². The summed E-state index contributed by atoms with van der Waals surface area (Å²) in [5.41, 5.74) is 0. The molecule has 0 aromatic carbocycles. The first kappa shape index (κ1) is 8.27. The van der Waals surface area contributed by atoms with Crippen molar-refractivity contribution in [3.63, 3.8) is 0 Å². The Morgan fingerprint density at radius 2 is 2.17 bits per heavy atom. The van der Waals surface area contributed by atoms with Crippen molar-refractivity contribution in [2.24, 2.45) is 11.8 Å². The van der Waals surface area contributed by atoms with E-state index in [1.165, 1.54) is 12.8 Å². The molecule has 2 heteroatoms. The van der Waals surface area contributed by atoms with Crippen LogP contribution in [0, 0.1) is 11.8 Å². The lowest BCUT2D eigenvalue weighted by atomic mass is 10.0. The second-order valence-corrected chi connectivity index (χ2v) is 3.99. The van der Waals surface area contributed by atoms with Gasteiger partial charge >= 0.3 is 0 Å². The predicted octanol–water partition coefficient (Wildman–Crippen LogP) is 1.70. The molecule has 0 bridgehead atoms. The molecule has 1 aliphatic carbocycles. The molecule has 1 aliphatic heterocycles. The Morgan fingerprint density at radius 3 is 2.75 bits per heavy atom. The summed E-state index contributed by atoms with van der Waals surface area (Å²) in [7, 11) is 0. The van der Waals surface area contributed by atoms with E-state index in [0.29, 0.717) is 0 Å². The van der Waals surface area contributed by atoms with Gasteiger partial charge in [0.15, 0.2) is 6.29 Å². The topological polar surface area (TPSA) is 29.5 Å². The van der Waals surface area contributed by atoms with E-state index >= 15 is 0 Å². The number of ether oxygens (including phenoxy) is 1. The third kappa shape index (κ3) is 1.87. The molecule has 68 valence electrons. The van der Waals surface area contributed by atoms with Crippen molar-refractivity contribution in [2.75, 3.05) is 0 Å². The summed E-state index contributed by atoms with van der Waals surface area (Å²) in [5.74, 6) is 1.01. The zero-order valence-corrected chi connectivity index (χ0v) is 7.44. The van der Waals surface area contributed by atoms with Crippen LogP contribution in [0.25, 0.3) is 0 Å². The highest BCUT2D eigenvalue weighted by Crippen LogP contribution is 2.35. The smallest absolute Gasteiger partial charge is 0.161 e. The molecule has 1 fully saturated rings. The second kappa shape index (κ2) is 3.19. The Balaban J connectivity index is 1.87. The van der Waals surface area contributed by atoms with Crippen LogP contribution < -0.4 is 0 Å². The van der Waals surface area contributed by atoms with Crippen LogP contribution in [-0.4, -0.2) is 17.5 Å².